The molecule has 3 aromatic rings. The number of carbonyl (C=O) groups is 2. The Kier molecular flexibility index (Phi) is 10.5. The van der Waals surface area contributed by atoms with Gasteiger partial charge in [0.2, 0.25) is 21.8 Å². The average Bonchev–Trinajstić information content (AvgIpc) is 2.90. The number of carbonyl (C=O) groups excluding carboxylic acids is 2. The Morgan fingerprint density at radius 3 is 2.21 bits per heavy atom. The third-order valence-corrected chi connectivity index (χ3v) is 7.87. The van der Waals surface area contributed by atoms with Crippen molar-refractivity contribution in [1.29, 1.82) is 0 Å². The molecule has 10 heteroatoms. The number of nitrogens with one attached hydrogen (secondary N) is 1. The van der Waals surface area contributed by atoms with Crippen molar-refractivity contribution in [2.24, 2.45) is 0 Å². The zero-order valence-electron chi connectivity index (χ0n) is 22.2. The van der Waals surface area contributed by atoms with Crippen LogP contribution in [0.3, 0.4) is 0 Å². The van der Waals surface area contributed by atoms with E-state index < -0.39 is 34.3 Å². The van der Waals surface area contributed by atoms with E-state index in [1.807, 2.05) is 44.2 Å². The second-order valence-electron chi connectivity index (χ2n) is 9.36. The Bertz CT molecular complexity index is 1390. The lowest BCUT2D eigenvalue weighted by Crippen LogP contribution is -2.54. The average molecular weight is 574 g/mol. The van der Waals surface area contributed by atoms with E-state index in [1.165, 1.54) is 23.1 Å². The monoisotopic (exact) mass is 573 g/mol. The van der Waals surface area contributed by atoms with Gasteiger partial charge in [0.05, 0.1) is 11.9 Å². The molecule has 208 valence electrons. The van der Waals surface area contributed by atoms with Crippen LogP contribution in [-0.2, 0) is 32.6 Å². The molecule has 0 spiro atoms. The first kappa shape index (κ1) is 30.1. The summed E-state index contributed by atoms with van der Waals surface area (Å²) >= 11 is 6.42. The highest BCUT2D eigenvalue weighted by Crippen LogP contribution is 2.24. The summed E-state index contributed by atoms with van der Waals surface area (Å²) in [6.07, 6.45) is 1.76. The van der Waals surface area contributed by atoms with Gasteiger partial charge < -0.3 is 10.2 Å². The second kappa shape index (κ2) is 13.6. The number of benzene rings is 3. The SMILES string of the molecule is CC[C@H](C)NC(=O)[C@H](Cc1ccccc1)N(Cc1ccccc1Cl)C(=O)CN(c1ccccc1F)S(C)(=O)=O. The predicted molar refractivity (Wildman–Crippen MR) is 152 cm³/mol. The van der Waals surface area contributed by atoms with Crippen LogP contribution in [0.5, 0.6) is 0 Å². The zero-order chi connectivity index (χ0) is 28.6. The highest BCUT2D eigenvalue weighted by atomic mass is 35.5. The van der Waals surface area contributed by atoms with Crippen molar-refractivity contribution >= 4 is 39.1 Å². The maximum atomic E-state index is 14.7. The van der Waals surface area contributed by atoms with E-state index in [0.717, 1.165) is 22.2 Å². The van der Waals surface area contributed by atoms with E-state index in [-0.39, 0.29) is 30.6 Å². The number of anilines is 1. The fourth-order valence-corrected chi connectivity index (χ4v) is 5.10. The van der Waals surface area contributed by atoms with Crippen LogP contribution in [-0.4, -0.2) is 50.0 Å². The van der Waals surface area contributed by atoms with Crippen molar-refractivity contribution < 1.29 is 22.4 Å². The van der Waals surface area contributed by atoms with E-state index >= 15 is 0 Å². The largest absolute Gasteiger partial charge is 0.352 e. The van der Waals surface area contributed by atoms with Gasteiger partial charge in [0.1, 0.15) is 18.4 Å². The Morgan fingerprint density at radius 1 is 0.974 bits per heavy atom. The van der Waals surface area contributed by atoms with Gasteiger partial charge >= 0.3 is 0 Å². The first-order chi connectivity index (χ1) is 18.5. The number of hydrogen-bond acceptors (Lipinski definition) is 4. The molecule has 0 saturated heterocycles. The minimum Gasteiger partial charge on any atom is -0.352 e. The lowest BCUT2D eigenvalue weighted by Gasteiger charge is -2.34. The molecule has 7 nitrogen and oxygen atoms in total. The van der Waals surface area contributed by atoms with Gasteiger partial charge in [-0.1, -0.05) is 79.2 Å². The summed E-state index contributed by atoms with van der Waals surface area (Å²) in [7, 11) is -4.06. The fourth-order valence-electron chi connectivity index (χ4n) is 4.05. The Labute approximate surface area is 234 Å². The molecule has 0 radical (unpaired) electrons. The summed E-state index contributed by atoms with van der Waals surface area (Å²) in [5.74, 6) is -1.85. The summed E-state index contributed by atoms with van der Waals surface area (Å²) < 4.78 is 40.8. The highest BCUT2D eigenvalue weighted by molar-refractivity contribution is 7.92. The molecule has 2 atom stereocenters. The lowest BCUT2D eigenvalue weighted by atomic mass is 10.0. The van der Waals surface area contributed by atoms with Gasteiger partial charge in [-0.05, 0) is 42.7 Å². The number of hydrogen-bond donors (Lipinski definition) is 1. The molecule has 0 aliphatic carbocycles. The molecular weight excluding hydrogens is 541 g/mol. The molecule has 2 amide bonds. The van der Waals surface area contributed by atoms with Gasteiger partial charge in [0.15, 0.2) is 0 Å². The molecular formula is C29H33ClFN3O4S. The number of nitrogens with zero attached hydrogens (tertiary/aromatic N) is 2. The van der Waals surface area contributed by atoms with Crippen molar-refractivity contribution in [2.45, 2.75) is 45.3 Å². The van der Waals surface area contributed by atoms with Crippen LogP contribution in [0, 0.1) is 5.82 Å². The second-order valence-corrected chi connectivity index (χ2v) is 11.7. The van der Waals surface area contributed by atoms with Crippen molar-refractivity contribution in [1.82, 2.24) is 10.2 Å². The van der Waals surface area contributed by atoms with Crippen LogP contribution < -0.4 is 9.62 Å². The van der Waals surface area contributed by atoms with Crippen LogP contribution in [0.4, 0.5) is 10.1 Å². The predicted octanol–water partition coefficient (Wildman–Crippen LogP) is 4.80. The Morgan fingerprint density at radius 2 is 1.59 bits per heavy atom. The van der Waals surface area contributed by atoms with Gasteiger partial charge in [-0.15, -0.1) is 0 Å². The molecule has 0 aliphatic rings. The van der Waals surface area contributed by atoms with Gasteiger partial charge in [-0.25, -0.2) is 12.8 Å². The standard InChI is InChI=1S/C29H33ClFN3O4S/c1-4-21(2)32-29(36)27(18-22-12-6-5-7-13-22)33(19-23-14-8-9-15-24(23)30)28(35)20-34(39(3,37)38)26-17-11-10-16-25(26)31/h5-17,21,27H,4,18-20H2,1-3H3,(H,32,36)/t21-,27-/m0/s1. The molecule has 0 unspecified atom stereocenters. The van der Waals surface area contributed by atoms with E-state index in [0.29, 0.717) is 17.0 Å². The van der Waals surface area contributed by atoms with Crippen molar-refractivity contribution in [3.05, 3.63) is 101 Å². The fraction of sp³-hybridized carbons (Fsp3) is 0.310. The van der Waals surface area contributed by atoms with Crippen LogP contribution in [0.2, 0.25) is 5.02 Å². The van der Waals surface area contributed by atoms with Gasteiger partial charge in [-0.3, -0.25) is 13.9 Å². The molecule has 0 heterocycles. The van der Waals surface area contributed by atoms with Gasteiger partial charge in [-0.2, -0.15) is 0 Å². The molecule has 1 N–H and O–H groups in total. The third kappa shape index (κ3) is 8.28. The molecule has 0 saturated carbocycles. The Hall–Kier alpha value is -3.43. The van der Waals surface area contributed by atoms with Crippen LogP contribution >= 0.6 is 11.6 Å². The van der Waals surface area contributed by atoms with Gasteiger partial charge in [0.25, 0.3) is 0 Å². The number of amides is 2. The number of halogens is 2. The molecule has 0 fully saturated rings. The van der Waals surface area contributed by atoms with E-state index in [9.17, 15) is 22.4 Å². The van der Waals surface area contributed by atoms with Gasteiger partial charge in [0, 0.05) is 24.0 Å². The molecule has 0 aliphatic heterocycles. The zero-order valence-corrected chi connectivity index (χ0v) is 23.8. The molecule has 0 aromatic heterocycles. The van der Waals surface area contributed by atoms with E-state index in [2.05, 4.69) is 5.32 Å². The molecule has 39 heavy (non-hydrogen) atoms. The van der Waals surface area contributed by atoms with Crippen LogP contribution in [0.15, 0.2) is 78.9 Å². The van der Waals surface area contributed by atoms with Crippen molar-refractivity contribution in [2.75, 3.05) is 17.1 Å². The molecule has 0 bridgehead atoms. The normalized spacial score (nSPS) is 12.8. The summed E-state index contributed by atoms with van der Waals surface area (Å²) in [5.41, 5.74) is 1.14. The van der Waals surface area contributed by atoms with Crippen LogP contribution in [0.25, 0.3) is 0 Å². The number of sulfonamides is 1. The van der Waals surface area contributed by atoms with Crippen molar-refractivity contribution in [3.8, 4) is 0 Å². The summed E-state index contributed by atoms with van der Waals surface area (Å²) in [5, 5.41) is 3.35. The smallest absolute Gasteiger partial charge is 0.244 e. The molecule has 3 aromatic carbocycles. The summed E-state index contributed by atoms with van der Waals surface area (Å²) in [6, 6.07) is 20.3. The number of para-hydroxylation sites is 1. The minimum absolute atomic E-state index is 0.0567. The lowest BCUT2D eigenvalue weighted by molar-refractivity contribution is -0.140. The maximum Gasteiger partial charge on any atom is 0.244 e. The minimum atomic E-state index is -4.06. The molecule has 3 rings (SSSR count). The van der Waals surface area contributed by atoms with E-state index in [4.69, 9.17) is 11.6 Å². The Balaban J connectivity index is 2.08. The van der Waals surface area contributed by atoms with E-state index in [1.54, 1.807) is 24.3 Å². The summed E-state index contributed by atoms with van der Waals surface area (Å²) in [6.45, 7) is 3.04. The quantitative estimate of drug-likeness (QED) is 0.337. The topological polar surface area (TPSA) is 86.8 Å². The number of rotatable bonds is 12. The van der Waals surface area contributed by atoms with Crippen LogP contribution in [0.1, 0.15) is 31.4 Å². The highest BCUT2D eigenvalue weighted by Gasteiger charge is 2.34. The first-order valence-electron chi connectivity index (χ1n) is 12.6. The first-order valence-corrected chi connectivity index (χ1v) is 14.8. The summed E-state index contributed by atoms with van der Waals surface area (Å²) in [4.78, 5) is 28.9. The third-order valence-electron chi connectivity index (χ3n) is 6.37. The van der Waals surface area contributed by atoms with Crippen molar-refractivity contribution in [3.63, 3.8) is 0 Å². The maximum absolute atomic E-state index is 14.7.